The van der Waals surface area contributed by atoms with Gasteiger partial charge in [0.25, 0.3) is 0 Å². The molecule has 0 spiro atoms. The molecule has 0 unspecified atom stereocenters. The summed E-state index contributed by atoms with van der Waals surface area (Å²) in [7, 11) is -3.87. The molecule has 218 valence electrons. The predicted octanol–water partition coefficient (Wildman–Crippen LogP) is 5.23. The predicted molar refractivity (Wildman–Crippen MR) is 158 cm³/mol. The minimum Gasteiger partial charge on any atom is -0.466 e. The lowest BCUT2D eigenvalue weighted by molar-refractivity contribution is -0.149. The molecule has 0 atom stereocenters. The first-order chi connectivity index (χ1) is 20.2. The number of carbonyl (C=O) groups excluding carboxylic acids is 3. The minimum atomic E-state index is -3.87. The van der Waals surface area contributed by atoms with E-state index in [1.807, 2.05) is 25.1 Å². The number of nitrogens with one attached hydrogen (secondary N) is 1. The highest BCUT2D eigenvalue weighted by Gasteiger charge is 2.33. The van der Waals surface area contributed by atoms with E-state index in [0.717, 1.165) is 5.56 Å². The number of para-hydroxylation sites is 1. The number of Topliss-reactive ketones (excluding diaryl/α,β-unsaturated/α-hetero) is 1. The molecule has 1 saturated heterocycles. The molecule has 2 heterocycles. The van der Waals surface area contributed by atoms with Gasteiger partial charge in [-0.05, 0) is 51.0 Å². The van der Waals surface area contributed by atoms with Crippen molar-refractivity contribution in [2.45, 2.75) is 31.6 Å². The van der Waals surface area contributed by atoms with Crippen LogP contribution in [0.3, 0.4) is 0 Å². The standard InChI is InChI=1S/C32H32N2O7S/c1-3-40-32(37)23-15-17-34(18-16-23)42(38,39)25-8-6-7-24(19-25)27(35)20-33-29-26-9-4-5-10-28(26)41-31(29)30(36)22-13-11-21(2)12-14-22/h4-14,19,23,33H,3,15-18,20H2,1-2H3. The third kappa shape index (κ3) is 6.00. The van der Waals surface area contributed by atoms with Gasteiger partial charge in [-0.25, -0.2) is 8.42 Å². The Balaban J connectivity index is 1.33. The van der Waals surface area contributed by atoms with E-state index in [-0.39, 0.29) is 65.9 Å². The molecular weight excluding hydrogens is 556 g/mol. The summed E-state index contributed by atoms with van der Waals surface area (Å²) in [5.74, 6) is -1.20. The summed E-state index contributed by atoms with van der Waals surface area (Å²) in [6.07, 6.45) is 0.756. The number of ether oxygens (including phenoxy) is 1. The molecule has 42 heavy (non-hydrogen) atoms. The zero-order valence-corrected chi connectivity index (χ0v) is 24.3. The van der Waals surface area contributed by atoms with Gasteiger partial charge < -0.3 is 14.5 Å². The van der Waals surface area contributed by atoms with Crippen molar-refractivity contribution in [1.82, 2.24) is 4.31 Å². The van der Waals surface area contributed by atoms with Gasteiger partial charge in [-0.3, -0.25) is 14.4 Å². The van der Waals surface area contributed by atoms with Crippen molar-refractivity contribution in [3.8, 4) is 0 Å². The van der Waals surface area contributed by atoms with Crippen molar-refractivity contribution in [3.05, 3.63) is 95.2 Å². The Bertz CT molecular complexity index is 1730. The molecule has 10 heteroatoms. The van der Waals surface area contributed by atoms with Crippen LogP contribution in [-0.4, -0.2) is 56.5 Å². The van der Waals surface area contributed by atoms with E-state index in [9.17, 15) is 22.8 Å². The highest BCUT2D eigenvalue weighted by molar-refractivity contribution is 7.89. The monoisotopic (exact) mass is 588 g/mol. The molecule has 0 radical (unpaired) electrons. The van der Waals surface area contributed by atoms with Gasteiger partial charge in [0.05, 0.1) is 29.7 Å². The molecule has 3 aromatic carbocycles. The Morgan fingerprint density at radius 1 is 0.952 bits per heavy atom. The number of carbonyl (C=O) groups is 3. The third-order valence-electron chi connectivity index (χ3n) is 7.41. The fourth-order valence-electron chi connectivity index (χ4n) is 5.06. The van der Waals surface area contributed by atoms with Crippen LogP contribution in [0.1, 0.15) is 51.8 Å². The van der Waals surface area contributed by atoms with Gasteiger partial charge in [0.15, 0.2) is 11.5 Å². The molecule has 5 rings (SSSR count). The molecule has 1 aliphatic rings. The quantitative estimate of drug-likeness (QED) is 0.197. The van der Waals surface area contributed by atoms with Crippen LogP contribution in [0.2, 0.25) is 0 Å². The van der Waals surface area contributed by atoms with E-state index in [1.54, 1.807) is 43.3 Å². The third-order valence-corrected chi connectivity index (χ3v) is 9.30. The van der Waals surface area contributed by atoms with E-state index in [1.165, 1.54) is 22.5 Å². The van der Waals surface area contributed by atoms with Crippen molar-refractivity contribution in [2.24, 2.45) is 5.92 Å². The van der Waals surface area contributed by atoms with E-state index >= 15 is 0 Å². The maximum Gasteiger partial charge on any atom is 0.309 e. The lowest BCUT2D eigenvalue weighted by atomic mass is 9.98. The second kappa shape index (κ2) is 12.3. The summed E-state index contributed by atoms with van der Waals surface area (Å²) in [5.41, 5.74) is 2.59. The molecule has 0 saturated carbocycles. The van der Waals surface area contributed by atoms with Gasteiger partial charge in [-0.1, -0.05) is 54.1 Å². The zero-order valence-electron chi connectivity index (χ0n) is 23.5. The zero-order chi connectivity index (χ0) is 29.9. The van der Waals surface area contributed by atoms with E-state index < -0.39 is 10.0 Å². The summed E-state index contributed by atoms with van der Waals surface area (Å²) in [4.78, 5) is 38.7. The van der Waals surface area contributed by atoms with E-state index in [4.69, 9.17) is 9.15 Å². The van der Waals surface area contributed by atoms with Gasteiger partial charge in [0.2, 0.25) is 15.8 Å². The Hall–Kier alpha value is -4.28. The lowest BCUT2D eigenvalue weighted by Crippen LogP contribution is -2.40. The molecule has 1 aromatic heterocycles. The maximum absolute atomic E-state index is 13.4. The summed E-state index contributed by atoms with van der Waals surface area (Å²) in [6.45, 7) is 4.15. The Morgan fingerprint density at radius 2 is 1.67 bits per heavy atom. The average molecular weight is 589 g/mol. The van der Waals surface area contributed by atoms with Crippen LogP contribution >= 0.6 is 0 Å². The Labute approximate surface area is 244 Å². The molecule has 0 amide bonds. The Morgan fingerprint density at radius 3 is 2.38 bits per heavy atom. The van der Waals surface area contributed by atoms with E-state index in [0.29, 0.717) is 35.1 Å². The van der Waals surface area contributed by atoms with Crippen LogP contribution < -0.4 is 5.32 Å². The number of aryl methyl sites for hydroxylation is 1. The van der Waals surface area contributed by atoms with Crippen molar-refractivity contribution < 1.29 is 32.0 Å². The maximum atomic E-state index is 13.4. The number of nitrogens with zero attached hydrogens (tertiary/aromatic N) is 1. The normalized spacial score (nSPS) is 14.5. The number of hydrogen-bond donors (Lipinski definition) is 1. The van der Waals surface area contributed by atoms with E-state index in [2.05, 4.69) is 5.32 Å². The minimum absolute atomic E-state index is 0.00642. The van der Waals surface area contributed by atoms with Gasteiger partial charge in [0.1, 0.15) is 5.58 Å². The fourth-order valence-corrected chi connectivity index (χ4v) is 6.57. The SMILES string of the molecule is CCOC(=O)C1CCN(S(=O)(=O)c2cccc(C(=O)CNc3c(C(=O)c4ccc(C)cc4)oc4ccccc34)c2)CC1. The summed E-state index contributed by atoms with van der Waals surface area (Å²) >= 11 is 0. The number of furan rings is 1. The number of fused-ring (bicyclic) bond motifs is 1. The molecule has 1 fully saturated rings. The first-order valence-electron chi connectivity index (χ1n) is 13.9. The van der Waals surface area contributed by atoms with Gasteiger partial charge in [-0.2, -0.15) is 4.31 Å². The summed E-state index contributed by atoms with van der Waals surface area (Å²) in [5, 5.41) is 3.73. The summed E-state index contributed by atoms with van der Waals surface area (Å²) in [6, 6.07) is 20.2. The van der Waals surface area contributed by atoms with Gasteiger partial charge >= 0.3 is 5.97 Å². The Kier molecular flexibility index (Phi) is 8.56. The van der Waals surface area contributed by atoms with Crippen molar-refractivity contribution in [1.29, 1.82) is 0 Å². The molecular formula is C32H32N2O7S. The van der Waals surface area contributed by atoms with Crippen LogP contribution in [-0.2, 0) is 19.6 Å². The molecule has 1 aliphatic heterocycles. The highest BCUT2D eigenvalue weighted by atomic mass is 32.2. The highest BCUT2D eigenvalue weighted by Crippen LogP contribution is 2.33. The first kappa shape index (κ1) is 29.2. The lowest BCUT2D eigenvalue weighted by Gasteiger charge is -2.30. The molecule has 9 nitrogen and oxygen atoms in total. The van der Waals surface area contributed by atoms with Crippen LogP contribution in [0.25, 0.3) is 11.0 Å². The second-order valence-corrected chi connectivity index (χ2v) is 12.2. The largest absolute Gasteiger partial charge is 0.466 e. The van der Waals surface area contributed by atoms with Crippen LogP contribution in [0, 0.1) is 12.8 Å². The number of sulfonamides is 1. The first-order valence-corrected chi connectivity index (χ1v) is 15.3. The molecule has 4 aromatic rings. The molecule has 0 aliphatic carbocycles. The van der Waals surface area contributed by atoms with Crippen molar-refractivity contribution in [3.63, 3.8) is 0 Å². The van der Waals surface area contributed by atoms with Gasteiger partial charge in [0, 0.05) is 29.6 Å². The number of piperidine rings is 1. The summed E-state index contributed by atoms with van der Waals surface area (Å²) < 4.78 is 39.1. The molecule has 1 N–H and O–H groups in total. The number of hydrogen-bond acceptors (Lipinski definition) is 8. The van der Waals surface area contributed by atoms with Crippen molar-refractivity contribution >= 4 is 44.2 Å². The van der Waals surface area contributed by atoms with Crippen LogP contribution in [0.15, 0.2) is 82.1 Å². The number of benzene rings is 3. The number of ketones is 2. The van der Waals surface area contributed by atoms with Crippen molar-refractivity contribution in [2.75, 3.05) is 31.6 Å². The molecule has 0 bridgehead atoms. The number of esters is 1. The fraction of sp³-hybridized carbons (Fsp3) is 0.281. The number of rotatable bonds is 10. The van der Waals surface area contributed by atoms with Crippen LogP contribution in [0.5, 0.6) is 0 Å². The van der Waals surface area contributed by atoms with Crippen LogP contribution in [0.4, 0.5) is 5.69 Å². The number of anilines is 1. The average Bonchev–Trinajstić information content (AvgIpc) is 3.38. The topological polar surface area (TPSA) is 123 Å². The van der Waals surface area contributed by atoms with Gasteiger partial charge in [-0.15, -0.1) is 0 Å². The smallest absolute Gasteiger partial charge is 0.309 e. The second-order valence-electron chi connectivity index (χ2n) is 10.2.